The number of anilines is 1. The molecule has 0 unspecified atom stereocenters. The van der Waals surface area contributed by atoms with Crippen molar-refractivity contribution in [3.05, 3.63) is 53.1 Å². The first-order valence-electron chi connectivity index (χ1n) is 11.7. The molecular weight excluding hydrogens is 473 g/mol. The molecule has 4 aliphatic rings. The molecule has 4 N–H and O–H groups in total. The summed E-state index contributed by atoms with van der Waals surface area (Å²) in [6.45, 7) is 2.47. The molecule has 2 aromatic heterocycles. The van der Waals surface area contributed by atoms with Gasteiger partial charge in [0.25, 0.3) is 11.7 Å². The highest BCUT2D eigenvalue weighted by Crippen LogP contribution is 2.34. The standard InChI is InChI=1S/C25H23F3N6O2/c1-2-36-24-16(26)9-13(11-30-24)19-10-15(23(35)34-25-7-5-14(6-8-25)31-12-25)20(27)21(32-19)18-4-3-17(29)22(28)33-18/h3-4,9-10,14,31H,2,5-8,12H2,1H3,(H2-,29,32,34,35)/p+1. The van der Waals surface area contributed by atoms with E-state index >= 15 is 4.39 Å². The molecule has 0 atom stereocenters. The molecular formula is C25H24F3N6O2+. The lowest BCUT2D eigenvalue weighted by molar-refractivity contribution is 0.0784. The first-order valence-corrected chi connectivity index (χ1v) is 11.7. The molecule has 1 saturated carbocycles. The van der Waals surface area contributed by atoms with Crippen LogP contribution in [0.1, 0.15) is 48.7 Å². The zero-order valence-corrected chi connectivity index (χ0v) is 19.5. The monoisotopic (exact) mass is 497 g/mol. The second-order valence-corrected chi connectivity index (χ2v) is 9.05. The normalized spacial score (nSPS) is 22.6. The lowest BCUT2D eigenvalue weighted by Gasteiger charge is -2.47. The maximum absolute atomic E-state index is 15.7. The summed E-state index contributed by atoms with van der Waals surface area (Å²) in [5.74, 6) is -1.05. The number of carbonyl (C=O) groups excluding carboxylic acids is 1. The molecule has 8 nitrogen and oxygen atoms in total. The van der Waals surface area contributed by atoms with Crippen LogP contribution in [0.25, 0.3) is 17.0 Å². The number of hydrogen-bond donors (Lipinski definition) is 3. The number of allylic oxidation sites excluding steroid dienone is 2. The number of hydrogen-bond acceptors (Lipinski definition) is 6. The second kappa shape index (κ2) is 9.28. The lowest BCUT2D eigenvalue weighted by Crippen LogP contribution is -2.64. The molecule has 5 heterocycles. The first-order chi connectivity index (χ1) is 17.3. The van der Waals surface area contributed by atoms with Crippen LogP contribution < -0.4 is 21.0 Å². The van der Waals surface area contributed by atoms with Gasteiger partial charge >= 0.3 is 11.8 Å². The van der Waals surface area contributed by atoms with Gasteiger partial charge in [0.1, 0.15) is 11.3 Å². The van der Waals surface area contributed by atoms with Gasteiger partial charge in [-0.1, -0.05) is 0 Å². The van der Waals surface area contributed by atoms with Crippen molar-refractivity contribution in [2.45, 2.75) is 44.2 Å². The van der Waals surface area contributed by atoms with Gasteiger partial charge in [-0.2, -0.15) is 8.78 Å². The van der Waals surface area contributed by atoms with Crippen LogP contribution in [0.3, 0.4) is 0 Å². The van der Waals surface area contributed by atoms with E-state index in [2.05, 4.69) is 31.1 Å². The Kier molecular flexibility index (Phi) is 6.14. The zero-order valence-electron chi connectivity index (χ0n) is 19.5. The first kappa shape index (κ1) is 23.8. The van der Waals surface area contributed by atoms with Gasteiger partial charge in [-0.3, -0.25) is 4.79 Å². The number of pyridine rings is 2. The number of nitrogens with one attached hydrogen (secondary N) is 2. The molecule has 0 radical (unpaired) electrons. The Hall–Kier alpha value is -3.91. The number of nitrogens with two attached hydrogens (primary N) is 1. The maximum atomic E-state index is 15.7. The fraction of sp³-hybridized carbons (Fsp3) is 0.360. The van der Waals surface area contributed by atoms with Crippen LogP contribution in [-0.4, -0.2) is 52.4 Å². The Morgan fingerprint density at radius 3 is 2.69 bits per heavy atom. The SMILES string of the molecule is CCOC1=[N+]=C=C(c2cc(C(=O)NC34CCC(CC3)NC4)c(F)c(-c3ccc(N)c(F)n3)n2)C=C1F. The van der Waals surface area contributed by atoms with E-state index in [-0.39, 0.29) is 46.4 Å². The van der Waals surface area contributed by atoms with Crippen molar-refractivity contribution in [3.8, 4) is 11.4 Å². The van der Waals surface area contributed by atoms with Crippen LogP contribution in [0.2, 0.25) is 0 Å². The summed E-state index contributed by atoms with van der Waals surface area (Å²) in [5, 5.41) is 6.38. The number of rotatable bonds is 5. The largest absolute Gasteiger partial charge is 0.537 e. The van der Waals surface area contributed by atoms with Crippen molar-refractivity contribution in [1.82, 2.24) is 25.3 Å². The van der Waals surface area contributed by atoms with Crippen LogP contribution in [0, 0.1) is 11.8 Å². The fourth-order valence-corrected chi connectivity index (χ4v) is 4.70. The van der Waals surface area contributed by atoms with Gasteiger partial charge in [0.2, 0.25) is 5.95 Å². The number of aromatic nitrogens is 2. The van der Waals surface area contributed by atoms with Crippen LogP contribution in [0.5, 0.6) is 0 Å². The molecule has 3 aliphatic heterocycles. The van der Waals surface area contributed by atoms with E-state index in [0.717, 1.165) is 31.8 Å². The average Bonchev–Trinajstić information content (AvgIpc) is 2.88. The zero-order chi connectivity index (χ0) is 25.4. The summed E-state index contributed by atoms with van der Waals surface area (Å²) >= 11 is 0. The van der Waals surface area contributed by atoms with E-state index in [1.807, 2.05) is 0 Å². The minimum atomic E-state index is -1.01. The van der Waals surface area contributed by atoms with Crippen LogP contribution in [0.4, 0.5) is 18.9 Å². The Morgan fingerprint density at radius 2 is 2.06 bits per heavy atom. The molecule has 6 rings (SSSR count). The highest BCUT2D eigenvalue weighted by Gasteiger charge is 2.42. The summed E-state index contributed by atoms with van der Waals surface area (Å²) in [4.78, 5) is 21.3. The number of amides is 1. The lowest BCUT2D eigenvalue weighted by atomic mass is 9.75. The predicted molar refractivity (Wildman–Crippen MR) is 129 cm³/mol. The maximum Gasteiger partial charge on any atom is 0.537 e. The molecule has 2 bridgehead atoms. The molecule has 186 valence electrons. The number of halogens is 3. The van der Waals surface area contributed by atoms with Gasteiger partial charge in [-0.25, -0.2) is 14.4 Å². The van der Waals surface area contributed by atoms with E-state index in [0.29, 0.717) is 12.6 Å². The topological polar surface area (TPSA) is 116 Å². The van der Waals surface area contributed by atoms with Crippen LogP contribution in [-0.2, 0) is 4.74 Å². The highest BCUT2D eigenvalue weighted by atomic mass is 19.1. The van der Waals surface area contributed by atoms with Crippen LogP contribution >= 0.6 is 0 Å². The minimum absolute atomic E-state index is 0.00742. The molecule has 11 heteroatoms. The van der Waals surface area contributed by atoms with Crippen LogP contribution in [0.15, 0.2) is 30.1 Å². The fourth-order valence-electron chi connectivity index (χ4n) is 4.70. The number of nitrogen functional groups attached to an aromatic ring is 1. The average molecular weight is 498 g/mol. The summed E-state index contributed by atoms with van der Waals surface area (Å²) in [6.07, 6.45) is 4.45. The number of fused-ring (bicyclic) bond motifs is 3. The molecule has 2 aromatic rings. The Labute approximate surface area is 204 Å². The number of nitrogens with zero attached hydrogens (tertiary/aromatic N) is 3. The van der Waals surface area contributed by atoms with E-state index in [9.17, 15) is 13.6 Å². The summed E-state index contributed by atoms with van der Waals surface area (Å²) in [6, 6.07) is 4.15. The van der Waals surface area contributed by atoms with Gasteiger partial charge < -0.3 is 21.1 Å². The van der Waals surface area contributed by atoms with Crippen molar-refractivity contribution >= 4 is 28.9 Å². The predicted octanol–water partition coefficient (Wildman–Crippen LogP) is 2.44. The third kappa shape index (κ3) is 4.40. The number of carbonyl (C=O) groups is 1. The van der Waals surface area contributed by atoms with E-state index in [1.54, 1.807) is 6.92 Å². The Bertz CT molecular complexity index is 1370. The summed E-state index contributed by atoms with van der Waals surface area (Å²) in [7, 11) is 0. The molecule has 0 spiro atoms. The Morgan fingerprint density at radius 1 is 1.28 bits per heavy atom. The van der Waals surface area contributed by atoms with E-state index in [1.165, 1.54) is 18.2 Å². The Balaban J connectivity index is 1.62. The third-order valence-electron chi connectivity index (χ3n) is 6.68. The highest BCUT2D eigenvalue weighted by molar-refractivity contribution is 6.06. The number of ether oxygens (including phenoxy) is 1. The minimum Gasteiger partial charge on any atom is -0.429 e. The second-order valence-electron chi connectivity index (χ2n) is 9.05. The molecule has 0 aromatic carbocycles. The third-order valence-corrected chi connectivity index (χ3v) is 6.68. The molecule has 36 heavy (non-hydrogen) atoms. The molecule has 2 saturated heterocycles. The van der Waals surface area contributed by atoms with Gasteiger partial charge in [0.05, 0.1) is 34.8 Å². The molecule has 3 fully saturated rings. The smallest absolute Gasteiger partial charge is 0.429 e. The molecule has 1 aliphatic carbocycles. The number of piperidine rings is 2. The van der Waals surface area contributed by atoms with Gasteiger partial charge in [0, 0.05) is 23.3 Å². The summed E-state index contributed by atoms with van der Waals surface area (Å²) in [5.41, 5.74) is 3.96. The summed E-state index contributed by atoms with van der Waals surface area (Å²) < 4.78 is 53.3. The van der Waals surface area contributed by atoms with Gasteiger partial charge in [-0.05, 0) is 50.8 Å². The molecule has 1 amide bonds. The van der Waals surface area contributed by atoms with Crippen molar-refractivity contribution < 1.29 is 22.7 Å². The van der Waals surface area contributed by atoms with Gasteiger partial charge in [0.15, 0.2) is 5.82 Å². The van der Waals surface area contributed by atoms with Crippen molar-refractivity contribution in [3.63, 3.8) is 0 Å². The van der Waals surface area contributed by atoms with Crippen molar-refractivity contribution in [2.24, 2.45) is 0 Å². The quantitative estimate of drug-likeness (QED) is 0.432. The van der Waals surface area contributed by atoms with Gasteiger partial charge in [-0.15, -0.1) is 0 Å². The van der Waals surface area contributed by atoms with E-state index in [4.69, 9.17) is 10.5 Å². The van der Waals surface area contributed by atoms with E-state index < -0.39 is 29.0 Å². The van der Waals surface area contributed by atoms with Crippen molar-refractivity contribution in [1.29, 1.82) is 0 Å². The van der Waals surface area contributed by atoms with Crippen molar-refractivity contribution in [2.75, 3.05) is 18.9 Å².